The molecule has 0 radical (unpaired) electrons. The van der Waals surface area contributed by atoms with Crippen LogP contribution in [0.15, 0.2) is 72.5 Å². The van der Waals surface area contributed by atoms with E-state index in [4.69, 9.17) is 9.97 Å². The molecule has 16 nitrogen and oxygen atoms in total. The first-order chi connectivity index (χ1) is 34.6. The maximum Gasteiger partial charge on any atom is 0.246 e. The quantitative estimate of drug-likeness (QED) is 0.0873. The zero-order valence-corrected chi connectivity index (χ0v) is 42.6. The van der Waals surface area contributed by atoms with Gasteiger partial charge in [-0.3, -0.25) is 14.4 Å². The number of amides is 3. The SMILES string of the molecule is Cc1ncsc1-c1ccc([C@H](C)NC(=O)[C@@H]2C[C@@H](O)CN2C(=O)[C@@H](NC(=O)[C@H]2CC3(C2)C[C@H](N2CCC(c4cnc(N5CCc6[nH]c7nnc(-c8ccccc8O)cc7c6C5)nc4)CC2)C3)C(C)(C)C)cc1. The largest absolute Gasteiger partial charge is 0.507 e. The number of thiazole rings is 1. The van der Waals surface area contributed by atoms with Crippen molar-refractivity contribution < 1.29 is 24.6 Å². The maximum atomic E-state index is 14.4. The van der Waals surface area contributed by atoms with Crippen molar-refractivity contribution in [3.8, 4) is 27.4 Å². The highest BCUT2D eigenvalue weighted by atomic mass is 32.1. The Morgan fingerprint density at radius 3 is 2.35 bits per heavy atom. The number of para-hydroxylation sites is 1. The van der Waals surface area contributed by atoms with Crippen LogP contribution in [0.2, 0.25) is 0 Å². The molecule has 6 aromatic rings. The van der Waals surface area contributed by atoms with Gasteiger partial charge in [0.2, 0.25) is 23.7 Å². The molecule has 11 rings (SSSR count). The van der Waals surface area contributed by atoms with Crippen molar-refractivity contribution in [1.82, 2.24) is 50.6 Å². The van der Waals surface area contributed by atoms with Crippen LogP contribution < -0.4 is 15.5 Å². The first-order valence-corrected chi connectivity index (χ1v) is 26.5. The van der Waals surface area contributed by atoms with Gasteiger partial charge >= 0.3 is 0 Å². The number of phenols is 1. The van der Waals surface area contributed by atoms with Gasteiger partial charge in [0.1, 0.15) is 17.8 Å². The number of hydrogen-bond donors (Lipinski definition) is 5. The summed E-state index contributed by atoms with van der Waals surface area (Å²) in [4.78, 5) is 67.1. The lowest BCUT2D eigenvalue weighted by Crippen LogP contribution is -2.62. The number of hydrogen-bond acceptors (Lipinski definition) is 13. The highest BCUT2D eigenvalue weighted by Gasteiger charge is 2.57. The summed E-state index contributed by atoms with van der Waals surface area (Å²) >= 11 is 1.59. The molecule has 5 aliphatic rings. The summed E-state index contributed by atoms with van der Waals surface area (Å²) in [5.41, 5.74) is 9.89. The van der Waals surface area contributed by atoms with Gasteiger partial charge in [-0.25, -0.2) is 15.0 Å². The second-order valence-electron chi connectivity index (χ2n) is 22.4. The minimum atomic E-state index is -0.847. The molecular weight excluding hydrogens is 927 g/mol. The molecule has 17 heteroatoms. The summed E-state index contributed by atoms with van der Waals surface area (Å²) in [7, 11) is 0. The number of benzene rings is 2. The summed E-state index contributed by atoms with van der Waals surface area (Å²) in [6.07, 6.45) is 10.1. The number of aliphatic hydroxyl groups excluding tert-OH is 1. The van der Waals surface area contributed by atoms with E-state index in [0.717, 1.165) is 115 Å². The van der Waals surface area contributed by atoms with Crippen molar-refractivity contribution >= 4 is 46.0 Å². The molecule has 4 aromatic heterocycles. The van der Waals surface area contributed by atoms with Gasteiger partial charge in [-0.15, -0.1) is 21.5 Å². The van der Waals surface area contributed by atoms with Crippen molar-refractivity contribution in [2.24, 2.45) is 16.7 Å². The Kier molecular flexibility index (Phi) is 12.6. The van der Waals surface area contributed by atoms with E-state index in [-0.39, 0.29) is 53.8 Å². The van der Waals surface area contributed by atoms with Crippen molar-refractivity contribution in [2.45, 2.75) is 129 Å². The van der Waals surface area contributed by atoms with Gasteiger partial charge in [0, 0.05) is 79.0 Å². The standard InChI is InChI=1S/C55H65N11O5S/c1-31(33-10-12-35(13-11-33)47-32(2)58-30-72-47)59-51(70)45-20-39(67)28-66(45)52(71)48(54(3,4)5)61-50(69)36-22-55(23-36)24-38(25-55)64-17-14-34(15-18-64)37-26-56-53(57-27-37)65-19-16-43-42(29-65)41-21-44(62-63-49(41)60-43)40-8-6-7-9-46(40)68/h6-13,21,26-27,30-31,34,36,38-39,45,48,67-68H,14-20,22-25,28-29H2,1-5H3,(H,59,70)(H,60,63)(H,61,69)/t31-,36-,38-,39+,45-,48+,55?/m0/s1. The molecule has 2 aromatic carbocycles. The fraction of sp³-hybridized carbons (Fsp3) is 0.491. The van der Waals surface area contributed by atoms with E-state index in [1.807, 2.05) is 95.0 Å². The van der Waals surface area contributed by atoms with Crippen LogP contribution in [0.5, 0.6) is 5.75 Å². The highest BCUT2D eigenvalue weighted by molar-refractivity contribution is 7.13. The molecule has 2 saturated carbocycles. The number of aliphatic hydroxyl groups is 1. The molecule has 1 spiro atoms. The van der Waals surface area contributed by atoms with Crippen LogP contribution in [0.4, 0.5) is 5.95 Å². The van der Waals surface area contributed by atoms with Crippen LogP contribution in [0.25, 0.3) is 32.7 Å². The zero-order valence-electron chi connectivity index (χ0n) is 41.8. The van der Waals surface area contributed by atoms with Crippen molar-refractivity contribution in [1.29, 1.82) is 0 Å². The molecule has 5 N–H and O–H groups in total. The van der Waals surface area contributed by atoms with Crippen LogP contribution in [0.1, 0.15) is 113 Å². The maximum absolute atomic E-state index is 14.4. The van der Waals surface area contributed by atoms with Gasteiger partial charge in [-0.1, -0.05) is 57.2 Å². The van der Waals surface area contributed by atoms with E-state index in [2.05, 4.69) is 40.6 Å². The minimum Gasteiger partial charge on any atom is -0.507 e. The Hall–Kier alpha value is -6.30. The number of anilines is 1. The number of H-pyrrole nitrogens is 1. The number of fused-ring (bicyclic) bond motifs is 3. The number of β-amino-alcohol motifs (C(OH)–C–C–N with tert-alkyl or cyclic N) is 1. The first kappa shape index (κ1) is 48.0. The van der Waals surface area contributed by atoms with Crippen LogP contribution in [0, 0.1) is 23.7 Å². The second-order valence-corrected chi connectivity index (χ2v) is 23.2. The van der Waals surface area contributed by atoms with Gasteiger partial charge < -0.3 is 40.5 Å². The highest BCUT2D eigenvalue weighted by Crippen LogP contribution is 2.60. The number of aromatic nitrogens is 6. The average molecular weight is 992 g/mol. The summed E-state index contributed by atoms with van der Waals surface area (Å²) in [5.74, 6) is 0.396. The summed E-state index contributed by atoms with van der Waals surface area (Å²) in [6.45, 7) is 13.2. The number of likely N-dealkylation sites (tertiary alicyclic amines) is 2. The molecule has 0 unspecified atom stereocenters. The minimum absolute atomic E-state index is 0.0386. The van der Waals surface area contributed by atoms with Crippen molar-refractivity contribution in [2.75, 3.05) is 31.1 Å². The third-order valence-electron chi connectivity index (χ3n) is 16.5. The smallest absolute Gasteiger partial charge is 0.246 e. The summed E-state index contributed by atoms with van der Waals surface area (Å²) < 4.78 is 0. The number of aryl methyl sites for hydroxylation is 1. The average Bonchev–Trinajstić information content (AvgIpc) is 4.08. The molecular formula is C55H65N11O5S. The molecule has 3 aliphatic heterocycles. The lowest BCUT2D eigenvalue weighted by molar-refractivity contribution is -0.150. The Balaban J connectivity index is 0.643. The fourth-order valence-corrected chi connectivity index (χ4v) is 13.1. The Bertz CT molecular complexity index is 2980. The van der Waals surface area contributed by atoms with E-state index >= 15 is 0 Å². The third kappa shape index (κ3) is 9.23. The number of phenolic OH excluding ortho intramolecular Hbond substituents is 1. The van der Waals surface area contributed by atoms with Crippen LogP contribution >= 0.6 is 11.3 Å². The first-order valence-electron chi connectivity index (χ1n) is 25.7. The monoisotopic (exact) mass is 991 g/mol. The lowest BCUT2D eigenvalue weighted by atomic mass is 9.49. The predicted octanol–water partition coefficient (Wildman–Crippen LogP) is 7.22. The number of rotatable bonds is 11. The van der Waals surface area contributed by atoms with Crippen LogP contribution in [0.3, 0.4) is 0 Å². The molecule has 3 amide bonds. The molecule has 4 atom stereocenters. The van der Waals surface area contributed by atoms with E-state index in [9.17, 15) is 24.6 Å². The fourth-order valence-electron chi connectivity index (χ4n) is 12.3. The number of carbonyl (C=O) groups is 3. The number of aromatic hydroxyl groups is 1. The number of nitrogens with zero attached hydrogens (tertiary/aromatic N) is 8. The summed E-state index contributed by atoms with van der Waals surface area (Å²) in [6, 6.07) is 15.7. The Morgan fingerprint density at radius 1 is 0.917 bits per heavy atom. The van der Waals surface area contributed by atoms with Crippen molar-refractivity contribution in [3.63, 3.8) is 0 Å². The molecule has 4 fully saturated rings. The Labute approximate surface area is 424 Å². The number of carbonyl (C=O) groups excluding carboxylic acids is 3. The number of nitrogens with one attached hydrogen (secondary N) is 3. The van der Waals surface area contributed by atoms with E-state index in [1.165, 1.54) is 10.5 Å². The topological polar surface area (TPSA) is 206 Å². The van der Waals surface area contributed by atoms with Gasteiger partial charge in [-0.05, 0) is 117 Å². The van der Waals surface area contributed by atoms with E-state index < -0.39 is 23.6 Å². The van der Waals surface area contributed by atoms with Gasteiger partial charge in [0.15, 0.2) is 5.65 Å². The second kappa shape index (κ2) is 19.0. The molecule has 2 aliphatic carbocycles. The van der Waals surface area contributed by atoms with Gasteiger partial charge in [0.05, 0.1) is 33.9 Å². The lowest BCUT2D eigenvalue weighted by Gasteiger charge is -2.60. The summed E-state index contributed by atoms with van der Waals surface area (Å²) in [5, 5.41) is 37.3. The predicted molar refractivity (Wildman–Crippen MR) is 276 cm³/mol. The van der Waals surface area contributed by atoms with Crippen LogP contribution in [-0.4, -0.2) is 118 Å². The molecule has 376 valence electrons. The van der Waals surface area contributed by atoms with E-state index in [0.29, 0.717) is 29.8 Å². The molecule has 7 heterocycles. The number of piperidine rings is 1. The molecule has 0 bridgehead atoms. The van der Waals surface area contributed by atoms with E-state index in [1.54, 1.807) is 23.5 Å². The molecule has 72 heavy (non-hydrogen) atoms. The normalized spacial score (nSPS) is 24.4. The van der Waals surface area contributed by atoms with Crippen LogP contribution in [-0.2, 0) is 27.3 Å². The van der Waals surface area contributed by atoms with Gasteiger partial charge in [-0.2, -0.15) is 0 Å². The van der Waals surface area contributed by atoms with Crippen molar-refractivity contribution in [3.05, 3.63) is 101 Å². The zero-order chi connectivity index (χ0) is 50.1. The number of aromatic amines is 1. The third-order valence-corrected chi connectivity index (χ3v) is 17.5. The van der Waals surface area contributed by atoms with Gasteiger partial charge in [0.25, 0.3) is 0 Å². The Morgan fingerprint density at radius 2 is 1.65 bits per heavy atom. The molecule has 2 saturated heterocycles.